The standard InChI is InChI=1S/C30H30F3N7O7S/c1-17(18-2-5-21(31)6-3-18)47-24-12-19(4-7-23(24)39-48(43,44)30(32)33)27-26-28(38-37-27)22(14-35-29(26)34)20-13-36-40(15-20)8-9-45-10-11-46-16-25(41)42/h2-7,12-15,17,30,39H,8-11,16H2,1H3,(H2,34,35)(H,37,38)(H,41,42)/t17-/m0/s1. The molecule has 0 radical (unpaired) electrons. The van der Waals surface area contributed by atoms with Gasteiger partial charge in [-0.25, -0.2) is 22.6 Å². The van der Waals surface area contributed by atoms with Crippen LogP contribution in [0.1, 0.15) is 18.6 Å². The summed E-state index contributed by atoms with van der Waals surface area (Å²) < 4.78 is 84.0. The number of hydrogen-bond donors (Lipinski definition) is 4. The van der Waals surface area contributed by atoms with E-state index in [1.807, 2.05) is 4.72 Å². The number of halogens is 3. The molecular weight excluding hydrogens is 659 g/mol. The number of anilines is 2. The number of alkyl halides is 2. The van der Waals surface area contributed by atoms with Crippen LogP contribution in [-0.4, -0.2) is 76.6 Å². The summed E-state index contributed by atoms with van der Waals surface area (Å²) in [4.78, 5) is 14.8. The Morgan fingerprint density at radius 2 is 1.83 bits per heavy atom. The van der Waals surface area contributed by atoms with E-state index in [1.165, 1.54) is 42.5 Å². The van der Waals surface area contributed by atoms with Crippen LogP contribution < -0.4 is 15.2 Å². The SMILES string of the molecule is C[C@H](Oc1cc(-c2n[nH]c3c(-c4cnn(CCOCCOCC(=O)O)c4)cnc(N)c23)ccc1NS(=O)(=O)C(F)F)c1ccc(F)cc1. The fourth-order valence-corrected chi connectivity index (χ4v) is 5.25. The lowest BCUT2D eigenvalue weighted by molar-refractivity contribution is -0.142. The van der Waals surface area contributed by atoms with Crippen LogP contribution in [0.3, 0.4) is 0 Å². The quantitative estimate of drug-likeness (QED) is 0.107. The number of aromatic amines is 1. The van der Waals surface area contributed by atoms with E-state index < -0.39 is 40.3 Å². The fraction of sp³-hybridized carbons (Fsp3) is 0.267. The van der Waals surface area contributed by atoms with Crippen molar-refractivity contribution in [1.82, 2.24) is 25.0 Å². The number of nitrogens with two attached hydrogens (primary N) is 1. The number of rotatable bonds is 16. The number of benzene rings is 2. The molecule has 0 aliphatic carbocycles. The molecule has 5 aromatic rings. The molecule has 0 bridgehead atoms. The minimum absolute atomic E-state index is 0.0932. The molecule has 0 unspecified atom stereocenters. The first-order valence-corrected chi connectivity index (χ1v) is 15.9. The molecule has 0 aliphatic heterocycles. The van der Waals surface area contributed by atoms with Crippen LogP contribution >= 0.6 is 0 Å². The zero-order valence-corrected chi connectivity index (χ0v) is 26.1. The predicted octanol–water partition coefficient (Wildman–Crippen LogP) is 4.43. The number of carboxylic acid groups (broad SMARTS) is 1. The summed E-state index contributed by atoms with van der Waals surface area (Å²) in [5.41, 5.74) is 9.13. The summed E-state index contributed by atoms with van der Waals surface area (Å²) in [6.45, 7) is 2.30. The monoisotopic (exact) mass is 689 g/mol. The smallest absolute Gasteiger partial charge is 0.355 e. The van der Waals surface area contributed by atoms with Crippen molar-refractivity contribution in [3.63, 3.8) is 0 Å². The van der Waals surface area contributed by atoms with Gasteiger partial charge in [0.15, 0.2) is 0 Å². The van der Waals surface area contributed by atoms with Crippen molar-refractivity contribution in [2.45, 2.75) is 25.3 Å². The number of carbonyl (C=O) groups is 1. The van der Waals surface area contributed by atoms with Crippen molar-refractivity contribution < 1.29 is 45.7 Å². The van der Waals surface area contributed by atoms with Gasteiger partial charge in [-0.15, -0.1) is 0 Å². The molecule has 0 spiro atoms. The van der Waals surface area contributed by atoms with Crippen LogP contribution in [0.4, 0.5) is 24.7 Å². The average molecular weight is 690 g/mol. The van der Waals surface area contributed by atoms with Gasteiger partial charge in [0.2, 0.25) is 0 Å². The first-order chi connectivity index (χ1) is 22.9. The molecule has 0 amide bonds. The Hall–Kier alpha value is -5.20. The highest BCUT2D eigenvalue weighted by Crippen LogP contribution is 2.39. The van der Waals surface area contributed by atoms with Gasteiger partial charge in [0.1, 0.15) is 35.8 Å². The topological polar surface area (TPSA) is 197 Å². The van der Waals surface area contributed by atoms with Crippen molar-refractivity contribution in [3.05, 3.63) is 72.4 Å². The average Bonchev–Trinajstić information content (AvgIpc) is 3.70. The van der Waals surface area contributed by atoms with E-state index in [0.717, 1.165) is 0 Å². The molecule has 0 aliphatic rings. The lowest BCUT2D eigenvalue weighted by Gasteiger charge is -2.19. The Morgan fingerprint density at radius 3 is 2.56 bits per heavy atom. The first-order valence-electron chi connectivity index (χ1n) is 14.3. The van der Waals surface area contributed by atoms with Crippen LogP contribution in [0.15, 0.2) is 61.1 Å². The number of ether oxygens (including phenoxy) is 3. The lowest BCUT2D eigenvalue weighted by atomic mass is 10.0. The van der Waals surface area contributed by atoms with Crippen molar-refractivity contribution in [2.24, 2.45) is 0 Å². The fourth-order valence-electron chi connectivity index (χ4n) is 4.68. The maximum absolute atomic E-state index is 13.5. The van der Waals surface area contributed by atoms with E-state index >= 15 is 0 Å². The highest BCUT2D eigenvalue weighted by Gasteiger charge is 2.26. The van der Waals surface area contributed by atoms with Gasteiger partial charge >= 0.3 is 11.7 Å². The van der Waals surface area contributed by atoms with E-state index in [-0.39, 0.29) is 30.5 Å². The Labute approximate surface area is 271 Å². The van der Waals surface area contributed by atoms with Gasteiger partial charge in [0, 0.05) is 29.1 Å². The molecule has 5 rings (SSSR count). The van der Waals surface area contributed by atoms with Crippen LogP contribution in [-0.2, 0) is 30.8 Å². The Bertz CT molecular complexity index is 2000. The van der Waals surface area contributed by atoms with Gasteiger partial charge in [-0.1, -0.05) is 18.2 Å². The molecule has 18 heteroatoms. The molecule has 1 atom stereocenters. The zero-order chi connectivity index (χ0) is 34.4. The van der Waals surface area contributed by atoms with E-state index in [4.69, 9.17) is 25.1 Å². The Kier molecular flexibility index (Phi) is 10.5. The van der Waals surface area contributed by atoms with Gasteiger partial charge in [-0.3, -0.25) is 14.5 Å². The maximum Gasteiger partial charge on any atom is 0.355 e. The Balaban J connectivity index is 1.42. The predicted molar refractivity (Wildman–Crippen MR) is 168 cm³/mol. The number of aromatic nitrogens is 5. The third kappa shape index (κ3) is 8.01. The summed E-state index contributed by atoms with van der Waals surface area (Å²) in [6.07, 6.45) is 4.20. The maximum atomic E-state index is 13.5. The normalized spacial score (nSPS) is 12.4. The van der Waals surface area contributed by atoms with E-state index in [9.17, 15) is 26.4 Å². The molecule has 5 N–H and O–H groups in total. The number of nitrogen functional groups attached to an aromatic ring is 1. The van der Waals surface area contributed by atoms with Gasteiger partial charge in [0.05, 0.1) is 49.2 Å². The molecule has 3 heterocycles. The number of sulfonamides is 1. The summed E-state index contributed by atoms with van der Waals surface area (Å²) in [5, 5.41) is 20.8. The second kappa shape index (κ2) is 14.7. The van der Waals surface area contributed by atoms with Crippen molar-refractivity contribution >= 4 is 38.4 Å². The molecule has 48 heavy (non-hydrogen) atoms. The minimum atomic E-state index is -5.04. The van der Waals surface area contributed by atoms with E-state index in [1.54, 1.807) is 30.2 Å². The molecular formula is C30H30F3N7O7S. The number of H-pyrrole nitrogens is 1. The Morgan fingerprint density at radius 1 is 1.08 bits per heavy atom. The number of nitrogens with zero attached hydrogens (tertiary/aromatic N) is 4. The molecule has 254 valence electrons. The molecule has 2 aromatic carbocycles. The highest BCUT2D eigenvalue weighted by molar-refractivity contribution is 7.93. The number of fused-ring (bicyclic) bond motifs is 1. The van der Waals surface area contributed by atoms with Gasteiger partial charge in [0.25, 0.3) is 10.0 Å². The third-order valence-corrected chi connectivity index (χ3v) is 7.99. The van der Waals surface area contributed by atoms with Crippen LogP contribution in [0.2, 0.25) is 0 Å². The third-order valence-electron chi connectivity index (χ3n) is 7.02. The van der Waals surface area contributed by atoms with Crippen LogP contribution in [0, 0.1) is 5.82 Å². The number of aliphatic carboxylic acids is 1. The number of hydrogen-bond acceptors (Lipinski definition) is 10. The van der Waals surface area contributed by atoms with Gasteiger partial charge in [-0.05, 0) is 36.8 Å². The highest BCUT2D eigenvalue weighted by atomic mass is 32.2. The first kappa shape index (κ1) is 34.1. The zero-order valence-electron chi connectivity index (χ0n) is 25.3. The molecule has 0 fully saturated rings. The van der Waals surface area contributed by atoms with Crippen molar-refractivity contribution in [2.75, 3.05) is 36.9 Å². The van der Waals surface area contributed by atoms with E-state index in [2.05, 4.69) is 20.3 Å². The lowest BCUT2D eigenvalue weighted by Crippen LogP contribution is -2.21. The van der Waals surface area contributed by atoms with Gasteiger partial charge < -0.3 is 25.1 Å². The number of nitrogens with one attached hydrogen (secondary N) is 2. The van der Waals surface area contributed by atoms with Crippen LogP contribution in [0.25, 0.3) is 33.3 Å². The van der Waals surface area contributed by atoms with Crippen LogP contribution in [0.5, 0.6) is 5.75 Å². The number of carboxylic acids is 1. The summed E-state index contributed by atoms with van der Waals surface area (Å²) in [7, 11) is -5.04. The van der Waals surface area contributed by atoms with Crippen molar-refractivity contribution in [3.8, 4) is 28.1 Å². The molecule has 14 nitrogen and oxygen atoms in total. The largest absolute Gasteiger partial charge is 0.484 e. The summed E-state index contributed by atoms with van der Waals surface area (Å²) in [6, 6.07) is 9.58. The van der Waals surface area contributed by atoms with E-state index in [0.29, 0.717) is 52.0 Å². The second-order valence-electron chi connectivity index (χ2n) is 10.4. The minimum Gasteiger partial charge on any atom is -0.484 e. The molecule has 0 saturated heterocycles. The molecule has 3 aromatic heterocycles. The summed E-state index contributed by atoms with van der Waals surface area (Å²) >= 11 is 0. The van der Waals surface area contributed by atoms with Gasteiger partial charge in [-0.2, -0.15) is 19.0 Å². The summed E-state index contributed by atoms with van der Waals surface area (Å²) in [5.74, 6) is -5.18. The van der Waals surface area contributed by atoms with Crippen molar-refractivity contribution in [1.29, 1.82) is 0 Å². The number of pyridine rings is 1. The molecule has 0 saturated carbocycles. The second-order valence-corrected chi connectivity index (χ2v) is 12.0.